The van der Waals surface area contributed by atoms with Crippen LogP contribution >= 0.6 is 15.9 Å². The minimum Gasteiger partial charge on any atom is -0.335 e. The van der Waals surface area contributed by atoms with Crippen LogP contribution in [0.5, 0.6) is 0 Å². The van der Waals surface area contributed by atoms with E-state index in [4.69, 9.17) is 0 Å². The number of amides is 2. The van der Waals surface area contributed by atoms with Crippen molar-refractivity contribution >= 4 is 33.3 Å². The molecule has 26 heavy (non-hydrogen) atoms. The summed E-state index contributed by atoms with van der Waals surface area (Å²) in [6, 6.07) is 7.39. The topological polar surface area (TPSA) is 70.8 Å². The monoisotopic (exact) mass is 413 g/mol. The number of carbonyl (C=O) groups excluding carboxylic acids is 2. The van der Waals surface area contributed by atoms with E-state index in [-0.39, 0.29) is 11.8 Å². The lowest BCUT2D eigenvalue weighted by atomic mass is 10.2. The number of hydrogen-bond acceptors (Lipinski definition) is 4. The molecule has 3 aromatic heterocycles. The van der Waals surface area contributed by atoms with Gasteiger partial charge in [0, 0.05) is 49.2 Å². The minimum absolute atomic E-state index is 0.0533. The maximum Gasteiger partial charge on any atom is 0.257 e. The summed E-state index contributed by atoms with van der Waals surface area (Å²) < 4.78 is 2.46. The maximum absolute atomic E-state index is 12.8. The molecule has 3 aromatic rings. The van der Waals surface area contributed by atoms with Crippen LogP contribution in [0.1, 0.15) is 20.7 Å². The average Bonchev–Trinajstić information content (AvgIpc) is 3.11. The van der Waals surface area contributed by atoms with Crippen molar-refractivity contribution < 1.29 is 9.59 Å². The summed E-state index contributed by atoms with van der Waals surface area (Å²) in [4.78, 5) is 33.0. The Morgan fingerprint density at radius 3 is 2.42 bits per heavy atom. The molecule has 0 atom stereocenters. The van der Waals surface area contributed by atoms with Crippen LogP contribution in [0.4, 0.5) is 0 Å². The van der Waals surface area contributed by atoms with Crippen molar-refractivity contribution in [2.24, 2.45) is 0 Å². The molecule has 0 saturated carbocycles. The quantitative estimate of drug-likeness (QED) is 0.644. The first-order valence-electron chi connectivity index (χ1n) is 8.25. The summed E-state index contributed by atoms with van der Waals surface area (Å²) in [5, 5.41) is 4.22. The van der Waals surface area contributed by atoms with Gasteiger partial charge in [-0.05, 0) is 34.1 Å². The van der Waals surface area contributed by atoms with Crippen LogP contribution < -0.4 is 0 Å². The molecular formula is C18H16BrN5O2. The largest absolute Gasteiger partial charge is 0.335 e. The van der Waals surface area contributed by atoms with Gasteiger partial charge in [0.1, 0.15) is 0 Å². The molecular weight excluding hydrogens is 398 g/mol. The van der Waals surface area contributed by atoms with Crippen molar-refractivity contribution in [3.8, 4) is 0 Å². The Morgan fingerprint density at radius 2 is 1.69 bits per heavy atom. The lowest BCUT2D eigenvalue weighted by Crippen LogP contribution is -2.50. The van der Waals surface area contributed by atoms with E-state index in [0.29, 0.717) is 37.3 Å². The van der Waals surface area contributed by atoms with Crippen molar-refractivity contribution in [3.05, 3.63) is 64.7 Å². The highest BCUT2D eigenvalue weighted by molar-refractivity contribution is 9.10. The molecule has 1 saturated heterocycles. The SMILES string of the molecule is O=C(c1cncc(Br)c1)N1CCN(C(=O)c2cnn3ccccc23)CC1. The molecule has 1 fully saturated rings. The van der Waals surface area contributed by atoms with Gasteiger partial charge in [-0.3, -0.25) is 14.6 Å². The van der Waals surface area contributed by atoms with Gasteiger partial charge in [0.05, 0.1) is 22.8 Å². The number of carbonyl (C=O) groups is 2. The van der Waals surface area contributed by atoms with Gasteiger partial charge in [0.2, 0.25) is 0 Å². The summed E-state index contributed by atoms with van der Waals surface area (Å²) in [6.45, 7) is 1.99. The fourth-order valence-electron chi connectivity index (χ4n) is 3.09. The molecule has 0 unspecified atom stereocenters. The van der Waals surface area contributed by atoms with Crippen LogP contribution in [0, 0.1) is 0 Å². The van der Waals surface area contributed by atoms with Gasteiger partial charge in [-0.15, -0.1) is 0 Å². The third-order valence-corrected chi connectivity index (χ3v) is 4.90. The lowest BCUT2D eigenvalue weighted by Gasteiger charge is -2.34. The van der Waals surface area contributed by atoms with Gasteiger partial charge >= 0.3 is 0 Å². The van der Waals surface area contributed by atoms with E-state index in [0.717, 1.165) is 9.99 Å². The zero-order valence-electron chi connectivity index (χ0n) is 13.9. The van der Waals surface area contributed by atoms with E-state index in [1.165, 1.54) is 0 Å². The fraction of sp³-hybridized carbons (Fsp3) is 0.222. The van der Waals surface area contributed by atoms with Crippen LogP contribution in [-0.4, -0.2) is 62.4 Å². The number of halogens is 1. The van der Waals surface area contributed by atoms with E-state index < -0.39 is 0 Å². The summed E-state index contributed by atoms with van der Waals surface area (Å²) >= 11 is 3.33. The average molecular weight is 414 g/mol. The first kappa shape index (κ1) is 16.7. The predicted octanol–water partition coefficient (Wildman–Crippen LogP) is 2.09. The second kappa shape index (κ2) is 6.87. The molecule has 1 aliphatic rings. The van der Waals surface area contributed by atoms with Crippen LogP contribution in [-0.2, 0) is 0 Å². The molecule has 0 radical (unpaired) electrons. The third-order valence-electron chi connectivity index (χ3n) is 4.46. The first-order chi connectivity index (χ1) is 12.6. The fourth-order valence-corrected chi connectivity index (χ4v) is 3.46. The number of nitrogens with zero attached hydrogens (tertiary/aromatic N) is 5. The van der Waals surface area contributed by atoms with Crippen LogP contribution in [0.25, 0.3) is 5.52 Å². The first-order valence-corrected chi connectivity index (χ1v) is 9.04. The zero-order chi connectivity index (χ0) is 18.1. The number of pyridine rings is 2. The van der Waals surface area contributed by atoms with Gasteiger partial charge in [-0.25, -0.2) is 4.52 Å². The second-order valence-corrected chi connectivity index (χ2v) is 6.98. The van der Waals surface area contributed by atoms with E-state index in [2.05, 4.69) is 26.0 Å². The molecule has 4 heterocycles. The number of aromatic nitrogens is 3. The molecule has 132 valence electrons. The van der Waals surface area contributed by atoms with Crippen molar-refractivity contribution in [2.75, 3.05) is 26.2 Å². The van der Waals surface area contributed by atoms with Gasteiger partial charge < -0.3 is 9.80 Å². The van der Waals surface area contributed by atoms with E-state index in [1.807, 2.05) is 24.4 Å². The highest BCUT2D eigenvalue weighted by atomic mass is 79.9. The minimum atomic E-state index is -0.0677. The Labute approximate surface area is 158 Å². The third kappa shape index (κ3) is 3.08. The Hall–Kier alpha value is -2.74. The van der Waals surface area contributed by atoms with Crippen molar-refractivity contribution in [2.45, 2.75) is 0 Å². The molecule has 2 amide bonds. The molecule has 8 heteroatoms. The summed E-state index contributed by atoms with van der Waals surface area (Å²) in [5.41, 5.74) is 1.92. The molecule has 0 aromatic carbocycles. The molecule has 0 spiro atoms. The maximum atomic E-state index is 12.8. The van der Waals surface area contributed by atoms with E-state index in [9.17, 15) is 9.59 Å². The standard InChI is InChI=1S/C18H16BrN5O2/c19-14-9-13(10-20-11-14)17(25)22-5-7-23(8-6-22)18(26)15-12-21-24-4-2-1-3-16(15)24/h1-4,9-12H,5-8H2. The van der Waals surface area contributed by atoms with Gasteiger partial charge in [0.25, 0.3) is 11.8 Å². The number of rotatable bonds is 2. The predicted molar refractivity (Wildman–Crippen MR) is 98.9 cm³/mol. The molecule has 7 nitrogen and oxygen atoms in total. The molecule has 1 aliphatic heterocycles. The highest BCUT2D eigenvalue weighted by Crippen LogP contribution is 2.16. The smallest absolute Gasteiger partial charge is 0.257 e. The van der Waals surface area contributed by atoms with Crippen molar-refractivity contribution in [3.63, 3.8) is 0 Å². The Kier molecular flexibility index (Phi) is 4.42. The molecule has 0 aliphatic carbocycles. The lowest BCUT2D eigenvalue weighted by molar-refractivity contribution is 0.0536. The summed E-state index contributed by atoms with van der Waals surface area (Å²) in [7, 11) is 0. The number of hydrogen-bond donors (Lipinski definition) is 0. The van der Waals surface area contributed by atoms with Crippen LogP contribution in [0.2, 0.25) is 0 Å². The number of piperazine rings is 1. The van der Waals surface area contributed by atoms with Gasteiger partial charge in [0.15, 0.2) is 0 Å². The van der Waals surface area contributed by atoms with E-state index >= 15 is 0 Å². The highest BCUT2D eigenvalue weighted by Gasteiger charge is 2.27. The van der Waals surface area contributed by atoms with E-state index in [1.54, 1.807) is 39.0 Å². The molecule has 4 rings (SSSR count). The Bertz CT molecular complexity index is 978. The van der Waals surface area contributed by atoms with Crippen LogP contribution in [0.15, 0.2) is 53.5 Å². The zero-order valence-corrected chi connectivity index (χ0v) is 15.5. The molecule has 0 bridgehead atoms. The normalized spacial score (nSPS) is 14.7. The Balaban J connectivity index is 1.45. The summed E-state index contributed by atoms with van der Waals surface area (Å²) in [6.07, 6.45) is 6.62. The second-order valence-electron chi connectivity index (χ2n) is 6.06. The van der Waals surface area contributed by atoms with Gasteiger partial charge in [-0.1, -0.05) is 6.07 Å². The van der Waals surface area contributed by atoms with Crippen molar-refractivity contribution in [1.29, 1.82) is 0 Å². The van der Waals surface area contributed by atoms with Gasteiger partial charge in [-0.2, -0.15) is 5.10 Å². The van der Waals surface area contributed by atoms with Crippen molar-refractivity contribution in [1.82, 2.24) is 24.4 Å². The van der Waals surface area contributed by atoms with Crippen LogP contribution in [0.3, 0.4) is 0 Å². The summed E-state index contributed by atoms with van der Waals surface area (Å²) in [5.74, 6) is -0.121. The number of fused-ring (bicyclic) bond motifs is 1. The Morgan fingerprint density at radius 1 is 0.962 bits per heavy atom. The molecule has 0 N–H and O–H groups in total.